The van der Waals surface area contributed by atoms with E-state index < -0.39 is 5.97 Å². The normalized spacial score (nSPS) is 10.9. The minimum Gasteiger partial charge on any atom is -0.478 e. The molecule has 2 rings (SSSR count). The van der Waals surface area contributed by atoms with Crippen LogP contribution in [0.2, 0.25) is 0 Å². The van der Waals surface area contributed by atoms with E-state index >= 15 is 0 Å². The van der Waals surface area contributed by atoms with Gasteiger partial charge < -0.3 is 5.11 Å². The van der Waals surface area contributed by atoms with Crippen LogP contribution in [0.3, 0.4) is 0 Å². The van der Waals surface area contributed by atoms with Gasteiger partial charge in [-0.25, -0.2) is 13.9 Å². The van der Waals surface area contributed by atoms with E-state index in [0.29, 0.717) is 11.4 Å². The van der Waals surface area contributed by atoms with Gasteiger partial charge in [0.05, 0.1) is 11.4 Å². The zero-order valence-electron chi connectivity index (χ0n) is 10.1. The number of benzene rings is 1. The van der Waals surface area contributed by atoms with Crippen LogP contribution in [0.4, 0.5) is 4.39 Å². The molecule has 0 unspecified atom stereocenters. The van der Waals surface area contributed by atoms with Crippen molar-refractivity contribution in [2.75, 3.05) is 0 Å². The van der Waals surface area contributed by atoms with Crippen molar-refractivity contribution in [1.82, 2.24) is 9.78 Å². The van der Waals surface area contributed by atoms with E-state index in [1.807, 2.05) is 13.8 Å². The number of aromatic nitrogens is 2. The summed E-state index contributed by atoms with van der Waals surface area (Å²) < 4.78 is 14.3. The fourth-order valence-electron chi connectivity index (χ4n) is 1.70. The molecular formula is C13H13FN2O2. The highest BCUT2D eigenvalue weighted by Gasteiger charge is 2.18. The molecule has 94 valence electrons. The predicted molar refractivity (Wildman–Crippen MR) is 64.6 cm³/mol. The van der Waals surface area contributed by atoms with Crippen molar-refractivity contribution in [2.24, 2.45) is 0 Å². The summed E-state index contributed by atoms with van der Waals surface area (Å²) >= 11 is 0. The molecule has 1 aromatic carbocycles. The van der Waals surface area contributed by atoms with Gasteiger partial charge in [0.2, 0.25) is 0 Å². The van der Waals surface area contributed by atoms with E-state index in [-0.39, 0.29) is 17.3 Å². The Morgan fingerprint density at radius 3 is 2.39 bits per heavy atom. The van der Waals surface area contributed by atoms with E-state index in [1.165, 1.54) is 23.0 Å². The molecule has 0 saturated heterocycles. The topological polar surface area (TPSA) is 55.1 Å². The van der Waals surface area contributed by atoms with Gasteiger partial charge in [0.1, 0.15) is 11.4 Å². The quantitative estimate of drug-likeness (QED) is 0.908. The third-order valence-electron chi connectivity index (χ3n) is 2.61. The molecule has 0 radical (unpaired) electrons. The standard InChI is InChI=1S/C13H13FN2O2/c1-8(2)12-11(13(17)18)7-16(15-12)10-5-3-9(14)4-6-10/h3-8H,1-2H3,(H,17,18). The largest absolute Gasteiger partial charge is 0.478 e. The first-order chi connectivity index (χ1) is 8.49. The second-order valence-corrected chi connectivity index (χ2v) is 4.31. The Bertz CT molecular complexity index is 573. The Morgan fingerprint density at radius 1 is 1.33 bits per heavy atom. The molecule has 18 heavy (non-hydrogen) atoms. The van der Waals surface area contributed by atoms with Crippen LogP contribution in [0.25, 0.3) is 5.69 Å². The summed E-state index contributed by atoms with van der Waals surface area (Å²) in [6.45, 7) is 3.76. The molecule has 0 spiro atoms. The Hall–Kier alpha value is -2.17. The lowest BCUT2D eigenvalue weighted by molar-refractivity contribution is 0.0695. The van der Waals surface area contributed by atoms with Gasteiger partial charge in [-0.2, -0.15) is 5.10 Å². The molecule has 1 N–H and O–H groups in total. The molecule has 0 saturated carbocycles. The number of carboxylic acids is 1. The van der Waals surface area contributed by atoms with E-state index in [4.69, 9.17) is 5.11 Å². The van der Waals surface area contributed by atoms with E-state index in [0.717, 1.165) is 0 Å². The van der Waals surface area contributed by atoms with Gasteiger partial charge in [0.15, 0.2) is 0 Å². The molecule has 0 aliphatic rings. The van der Waals surface area contributed by atoms with E-state index in [1.54, 1.807) is 12.1 Å². The summed E-state index contributed by atoms with van der Waals surface area (Å²) in [5.74, 6) is -1.33. The molecule has 0 aliphatic carbocycles. The lowest BCUT2D eigenvalue weighted by Crippen LogP contribution is -2.01. The minimum absolute atomic E-state index is 0.0119. The third-order valence-corrected chi connectivity index (χ3v) is 2.61. The number of halogens is 1. The second kappa shape index (κ2) is 4.60. The number of aromatic carboxylic acids is 1. The van der Waals surface area contributed by atoms with Crippen molar-refractivity contribution < 1.29 is 14.3 Å². The zero-order valence-corrected chi connectivity index (χ0v) is 10.1. The van der Waals surface area contributed by atoms with Crippen molar-refractivity contribution >= 4 is 5.97 Å². The number of carboxylic acid groups (broad SMARTS) is 1. The molecule has 0 bridgehead atoms. The van der Waals surface area contributed by atoms with Gasteiger partial charge in [-0.15, -0.1) is 0 Å². The first kappa shape index (κ1) is 12.3. The monoisotopic (exact) mass is 248 g/mol. The minimum atomic E-state index is -1.01. The van der Waals surface area contributed by atoms with Gasteiger partial charge in [0, 0.05) is 6.20 Å². The summed E-state index contributed by atoms with van der Waals surface area (Å²) in [5, 5.41) is 13.3. The van der Waals surface area contributed by atoms with Crippen LogP contribution >= 0.6 is 0 Å². The van der Waals surface area contributed by atoms with E-state index in [2.05, 4.69) is 5.10 Å². The van der Waals surface area contributed by atoms with Crippen LogP contribution in [0, 0.1) is 5.82 Å². The molecule has 0 aliphatic heterocycles. The first-order valence-electron chi connectivity index (χ1n) is 5.58. The summed E-state index contributed by atoms with van der Waals surface area (Å²) in [6, 6.07) is 5.73. The molecule has 0 fully saturated rings. The predicted octanol–water partition coefficient (Wildman–Crippen LogP) is 2.83. The van der Waals surface area contributed by atoms with Crippen LogP contribution in [0.1, 0.15) is 35.8 Å². The number of carbonyl (C=O) groups is 1. The highest BCUT2D eigenvalue weighted by Crippen LogP contribution is 2.20. The van der Waals surface area contributed by atoms with Gasteiger partial charge in [-0.05, 0) is 30.2 Å². The van der Waals surface area contributed by atoms with Gasteiger partial charge in [-0.3, -0.25) is 0 Å². The fourth-order valence-corrected chi connectivity index (χ4v) is 1.70. The number of nitrogens with zero attached hydrogens (tertiary/aromatic N) is 2. The molecule has 0 atom stereocenters. The Balaban J connectivity index is 2.49. The summed E-state index contributed by atoms with van der Waals surface area (Å²) in [5.41, 5.74) is 1.33. The van der Waals surface area contributed by atoms with Crippen LogP contribution in [-0.4, -0.2) is 20.9 Å². The molecule has 2 aromatic rings. The van der Waals surface area contributed by atoms with Crippen molar-refractivity contribution in [2.45, 2.75) is 19.8 Å². The third kappa shape index (κ3) is 2.25. The highest BCUT2D eigenvalue weighted by atomic mass is 19.1. The Kier molecular flexibility index (Phi) is 3.14. The van der Waals surface area contributed by atoms with Crippen molar-refractivity contribution in [3.63, 3.8) is 0 Å². The van der Waals surface area contributed by atoms with Gasteiger partial charge in [0.25, 0.3) is 0 Å². The Labute approximate surface area is 104 Å². The molecule has 0 amide bonds. The highest BCUT2D eigenvalue weighted by molar-refractivity contribution is 5.89. The van der Waals surface area contributed by atoms with E-state index in [9.17, 15) is 9.18 Å². The average Bonchev–Trinajstić information content (AvgIpc) is 2.75. The lowest BCUT2D eigenvalue weighted by Gasteiger charge is -2.02. The van der Waals surface area contributed by atoms with Crippen LogP contribution in [0.5, 0.6) is 0 Å². The zero-order chi connectivity index (χ0) is 13.3. The van der Waals surface area contributed by atoms with Crippen LogP contribution in [-0.2, 0) is 0 Å². The summed E-state index contributed by atoms with van der Waals surface area (Å²) in [4.78, 5) is 11.1. The van der Waals surface area contributed by atoms with Crippen LogP contribution < -0.4 is 0 Å². The molecule has 5 heteroatoms. The lowest BCUT2D eigenvalue weighted by atomic mass is 10.1. The first-order valence-corrected chi connectivity index (χ1v) is 5.58. The summed E-state index contributed by atoms with van der Waals surface area (Å²) in [6.07, 6.45) is 1.45. The van der Waals surface area contributed by atoms with Crippen molar-refractivity contribution in [3.8, 4) is 5.69 Å². The van der Waals surface area contributed by atoms with Crippen molar-refractivity contribution in [1.29, 1.82) is 0 Å². The number of rotatable bonds is 3. The molecule has 1 aromatic heterocycles. The fraction of sp³-hybridized carbons (Fsp3) is 0.231. The van der Waals surface area contributed by atoms with Crippen molar-refractivity contribution in [3.05, 3.63) is 47.5 Å². The maximum Gasteiger partial charge on any atom is 0.339 e. The Morgan fingerprint density at radius 2 is 1.94 bits per heavy atom. The smallest absolute Gasteiger partial charge is 0.339 e. The molecule has 4 nitrogen and oxygen atoms in total. The second-order valence-electron chi connectivity index (χ2n) is 4.31. The average molecular weight is 248 g/mol. The maximum absolute atomic E-state index is 12.8. The molecule has 1 heterocycles. The summed E-state index contributed by atoms with van der Waals surface area (Å²) in [7, 11) is 0. The number of hydrogen-bond donors (Lipinski definition) is 1. The number of hydrogen-bond acceptors (Lipinski definition) is 2. The maximum atomic E-state index is 12.8. The SMILES string of the molecule is CC(C)c1nn(-c2ccc(F)cc2)cc1C(=O)O. The molecular weight excluding hydrogens is 235 g/mol. The van der Waals surface area contributed by atoms with Gasteiger partial charge >= 0.3 is 5.97 Å². The van der Waals surface area contributed by atoms with Crippen LogP contribution in [0.15, 0.2) is 30.5 Å². The van der Waals surface area contributed by atoms with Gasteiger partial charge in [-0.1, -0.05) is 13.8 Å².